The predicted molar refractivity (Wildman–Crippen MR) is 84.9 cm³/mol. The third-order valence-corrected chi connectivity index (χ3v) is 2.83. The molecule has 3 nitrogen and oxygen atoms in total. The molecule has 0 atom stereocenters. The maximum atomic E-state index is 5.75. The van der Waals surface area contributed by atoms with Crippen molar-refractivity contribution in [2.75, 3.05) is 0 Å². The monoisotopic (exact) mass is 285 g/mol. The zero-order valence-electron chi connectivity index (χ0n) is 12.9. The van der Waals surface area contributed by atoms with E-state index >= 15 is 0 Å². The topological polar surface area (TPSA) is 30.5 Å². The fraction of sp³-hybridized carbons (Fsp3) is 0.333. The smallest absolute Gasteiger partial charge is 0.119 e. The van der Waals surface area contributed by atoms with Crippen LogP contribution in [-0.2, 0) is 18.0 Å². The van der Waals surface area contributed by atoms with E-state index in [-0.39, 0.29) is 5.60 Å². The zero-order valence-corrected chi connectivity index (χ0v) is 12.9. The fourth-order valence-electron chi connectivity index (χ4n) is 1.78. The number of nitrogens with one attached hydrogen (secondary N) is 1. The Morgan fingerprint density at radius 3 is 2.14 bits per heavy atom. The molecule has 0 saturated heterocycles. The van der Waals surface area contributed by atoms with Gasteiger partial charge in [0, 0.05) is 6.54 Å². The van der Waals surface area contributed by atoms with Crippen LogP contribution in [-0.4, -0.2) is 5.60 Å². The van der Waals surface area contributed by atoms with Crippen LogP contribution in [0.2, 0.25) is 0 Å². The van der Waals surface area contributed by atoms with Crippen molar-refractivity contribution < 1.29 is 9.57 Å². The highest BCUT2D eigenvalue weighted by Gasteiger charge is 2.09. The molecule has 2 aromatic rings. The van der Waals surface area contributed by atoms with Gasteiger partial charge in [-0.3, -0.25) is 4.84 Å². The number of hydrogen-bond donors (Lipinski definition) is 1. The standard InChI is InChI=1S/C18H23NO2/c1-18(2,3)21-19-13-15-9-11-17(12-10-15)20-14-16-7-5-4-6-8-16/h4-12,19H,13-14H2,1-3H3. The highest BCUT2D eigenvalue weighted by Crippen LogP contribution is 2.14. The first-order valence-electron chi connectivity index (χ1n) is 7.19. The van der Waals surface area contributed by atoms with Crippen molar-refractivity contribution in [1.82, 2.24) is 5.48 Å². The van der Waals surface area contributed by atoms with Gasteiger partial charge in [0.05, 0.1) is 5.60 Å². The van der Waals surface area contributed by atoms with Crippen LogP contribution < -0.4 is 10.2 Å². The lowest BCUT2D eigenvalue weighted by atomic mass is 10.2. The molecule has 0 fully saturated rings. The summed E-state index contributed by atoms with van der Waals surface area (Å²) in [5, 5.41) is 0. The number of benzene rings is 2. The molecule has 2 rings (SSSR count). The van der Waals surface area contributed by atoms with Gasteiger partial charge in [-0.05, 0) is 44.0 Å². The van der Waals surface area contributed by atoms with Crippen LogP contribution in [0.25, 0.3) is 0 Å². The Balaban J connectivity index is 1.79. The van der Waals surface area contributed by atoms with E-state index < -0.39 is 0 Å². The molecule has 0 aliphatic heterocycles. The lowest BCUT2D eigenvalue weighted by Crippen LogP contribution is -2.28. The van der Waals surface area contributed by atoms with E-state index in [0.717, 1.165) is 11.3 Å². The summed E-state index contributed by atoms with van der Waals surface area (Å²) < 4.78 is 5.75. The summed E-state index contributed by atoms with van der Waals surface area (Å²) in [6.45, 7) is 7.31. The number of rotatable bonds is 6. The van der Waals surface area contributed by atoms with Gasteiger partial charge in [-0.1, -0.05) is 42.5 Å². The van der Waals surface area contributed by atoms with E-state index in [2.05, 4.69) is 17.6 Å². The average molecular weight is 285 g/mol. The van der Waals surface area contributed by atoms with Crippen molar-refractivity contribution in [3.8, 4) is 5.75 Å². The van der Waals surface area contributed by atoms with Crippen LogP contribution in [0.1, 0.15) is 31.9 Å². The van der Waals surface area contributed by atoms with E-state index in [1.807, 2.05) is 63.2 Å². The van der Waals surface area contributed by atoms with Gasteiger partial charge in [0.15, 0.2) is 0 Å². The minimum absolute atomic E-state index is 0.182. The van der Waals surface area contributed by atoms with Crippen LogP contribution in [0, 0.1) is 0 Å². The minimum atomic E-state index is -0.182. The Kier molecular flexibility index (Phi) is 5.37. The normalized spacial score (nSPS) is 11.4. The number of hydroxylamine groups is 1. The van der Waals surface area contributed by atoms with Crippen molar-refractivity contribution in [2.45, 2.75) is 39.5 Å². The molecule has 0 aliphatic carbocycles. The lowest BCUT2D eigenvalue weighted by molar-refractivity contribution is -0.0757. The molecule has 1 N–H and O–H groups in total. The van der Waals surface area contributed by atoms with Gasteiger partial charge in [0.25, 0.3) is 0 Å². The van der Waals surface area contributed by atoms with E-state index in [1.54, 1.807) is 0 Å². The van der Waals surface area contributed by atoms with E-state index in [9.17, 15) is 0 Å². The maximum absolute atomic E-state index is 5.75. The summed E-state index contributed by atoms with van der Waals surface area (Å²) in [7, 11) is 0. The van der Waals surface area contributed by atoms with Gasteiger partial charge in [0.2, 0.25) is 0 Å². The van der Waals surface area contributed by atoms with E-state index in [0.29, 0.717) is 13.2 Å². The molecule has 0 radical (unpaired) electrons. The number of hydrogen-bond acceptors (Lipinski definition) is 3. The molecule has 0 aromatic heterocycles. The highest BCUT2D eigenvalue weighted by molar-refractivity contribution is 5.27. The van der Waals surface area contributed by atoms with Gasteiger partial charge >= 0.3 is 0 Å². The summed E-state index contributed by atoms with van der Waals surface area (Å²) in [6.07, 6.45) is 0. The molecule has 0 spiro atoms. The summed E-state index contributed by atoms with van der Waals surface area (Å²) in [5.74, 6) is 0.874. The fourth-order valence-corrected chi connectivity index (χ4v) is 1.78. The molecule has 0 bridgehead atoms. The SMILES string of the molecule is CC(C)(C)ONCc1ccc(OCc2ccccc2)cc1. The third-order valence-electron chi connectivity index (χ3n) is 2.83. The van der Waals surface area contributed by atoms with Crippen molar-refractivity contribution in [3.63, 3.8) is 0 Å². The molecule has 112 valence electrons. The number of ether oxygens (including phenoxy) is 1. The zero-order chi connectivity index (χ0) is 15.1. The van der Waals surface area contributed by atoms with Gasteiger partial charge in [-0.15, -0.1) is 0 Å². The Labute approximate surface area is 126 Å². The minimum Gasteiger partial charge on any atom is -0.489 e. The third kappa shape index (κ3) is 5.98. The van der Waals surface area contributed by atoms with Crippen molar-refractivity contribution in [2.24, 2.45) is 0 Å². The van der Waals surface area contributed by atoms with Crippen LogP contribution in [0.3, 0.4) is 0 Å². The Morgan fingerprint density at radius 1 is 0.857 bits per heavy atom. The largest absolute Gasteiger partial charge is 0.489 e. The Morgan fingerprint density at radius 2 is 1.52 bits per heavy atom. The molecule has 0 saturated carbocycles. The van der Waals surface area contributed by atoms with Gasteiger partial charge in [-0.2, -0.15) is 5.48 Å². The van der Waals surface area contributed by atoms with Crippen LogP contribution in [0.4, 0.5) is 0 Å². The molecule has 3 heteroatoms. The summed E-state index contributed by atoms with van der Waals surface area (Å²) in [5.41, 5.74) is 5.12. The lowest BCUT2D eigenvalue weighted by Gasteiger charge is -2.19. The van der Waals surface area contributed by atoms with Gasteiger partial charge in [-0.25, -0.2) is 0 Å². The summed E-state index contributed by atoms with van der Waals surface area (Å²) in [6, 6.07) is 18.2. The Bertz CT molecular complexity index is 529. The average Bonchev–Trinajstić information content (AvgIpc) is 2.46. The van der Waals surface area contributed by atoms with E-state index in [1.165, 1.54) is 5.56 Å². The van der Waals surface area contributed by atoms with Gasteiger partial charge in [0.1, 0.15) is 12.4 Å². The van der Waals surface area contributed by atoms with Gasteiger partial charge < -0.3 is 4.74 Å². The van der Waals surface area contributed by atoms with Crippen molar-refractivity contribution >= 4 is 0 Å². The molecule has 2 aromatic carbocycles. The molecular weight excluding hydrogens is 262 g/mol. The summed E-state index contributed by atoms with van der Waals surface area (Å²) >= 11 is 0. The molecule has 0 amide bonds. The van der Waals surface area contributed by atoms with Crippen LogP contribution in [0.5, 0.6) is 5.75 Å². The molecular formula is C18H23NO2. The second kappa shape index (κ2) is 7.25. The molecule has 0 unspecified atom stereocenters. The molecule has 0 aliphatic rings. The maximum Gasteiger partial charge on any atom is 0.119 e. The first-order valence-corrected chi connectivity index (χ1v) is 7.19. The first-order chi connectivity index (χ1) is 10.0. The van der Waals surface area contributed by atoms with E-state index in [4.69, 9.17) is 9.57 Å². The van der Waals surface area contributed by atoms with Crippen molar-refractivity contribution in [3.05, 3.63) is 65.7 Å². The molecule has 21 heavy (non-hydrogen) atoms. The molecule has 0 heterocycles. The second-order valence-electron chi connectivity index (χ2n) is 5.95. The second-order valence-corrected chi connectivity index (χ2v) is 5.95. The Hall–Kier alpha value is -1.84. The quantitative estimate of drug-likeness (QED) is 0.811. The van der Waals surface area contributed by atoms with Crippen LogP contribution in [0.15, 0.2) is 54.6 Å². The first kappa shape index (κ1) is 15.5. The highest BCUT2D eigenvalue weighted by atomic mass is 16.7. The van der Waals surface area contributed by atoms with Crippen LogP contribution >= 0.6 is 0 Å². The predicted octanol–water partition coefficient (Wildman–Crippen LogP) is 4.09. The summed E-state index contributed by atoms with van der Waals surface area (Å²) in [4.78, 5) is 5.49. The van der Waals surface area contributed by atoms with Crippen molar-refractivity contribution in [1.29, 1.82) is 0 Å².